The molecule has 0 heterocycles. The number of unbranched alkanes of at least 4 members (excludes halogenated alkanes) is 2. The summed E-state index contributed by atoms with van der Waals surface area (Å²) in [7, 11) is 0. The zero-order chi connectivity index (χ0) is 12.3. The third-order valence-corrected chi connectivity index (χ3v) is 2.44. The molecule has 1 aromatic carbocycles. The Hall–Kier alpha value is -1.51. The molecule has 1 N–H and O–H groups in total. The second-order valence-corrected chi connectivity index (χ2v) is 3.97. The number of benzene rings is 1. The second kappa shape index (κ2) is 8.62. The van der Waals surface area contributed by atoms with E-state index in [1.807, 2.05) is 30.3 Å². The summed E-state index contributed by atoms with van der Waals surface area (Å²) < 4.78 is 5.47. The minimum Gasteiger partial charge on any atom is -0.492 e. The van der Waals surface area contributed by atoms with Crippen LogP contribution in [0.5, 0.6) is 5.75 Å². The van der Waals surface area contributed by atoms with Gasteiger partial charge in [-0.3, -0.25) is 4.79 Å². The molecule has 0 radical (unpaired) electrons. The van der Waals surface area contributed by atoms with Crippen LogP contribution in [0.2, 0.25) is 0 Å². The minimum atomic E-state index is 0.120. The van der Waals surface area contributed by atoms with Crippen molar-refractivity contribution in [1.29, 1.82) is 0 Å². The van der Waals surface area contributed by atoms with Gasteiger partial charge in [0.2, 0.25) is 5.91 Å². The number of rotatable bonds is 8. The van der Waals surface area contributed by atoms with Crippen molar-refractivity contribution in [1.82, 2.24) is 5.32 Å². The van der Waals surface area contributed by atoms with Crippen LogP contribution in [0.25, 0.3) is 0 Å². The summed E-state index contributed by atoms with van der Waals surface area (Å²) in [5, 5.41) is 2.85. The third kappa shape index (κ3) is 6.61. The molecule has 0 aliphatic carbocycles. The lowest BCUT2D eigenvalue weighted by atomic mass is 10.2. The maximum absolute atomic E-state index is 11.4. The number of hydrogen-bond donors (Lipinski definition) is 1. The molecule has 0 spiro atoms. The van der Waals surface area contributed by atoms with E-state index >= 15 is 0 Å². The van der Waals surface area contributed by atoms with Crippen molar-refractivity contribution >= 4 is 5.91 Å². The Kier molecular flexibility index (Phi) is 6.87. The van der Waals surface area contributed by atoms with Crippen LogP contribution < -0.4 is 10.1 Å². The average molecular weight is 235 g/mol. The first-order valence-corrected chi connectivity index (χ1v) is 6.27. The summed E-state index contributed by atoms with van der Waals surface area (Å²) >= 11 is 0. The van der Waals surface area contributed by atoms with Crippen molar-refractivity contribution in [3.63, 3.8) is 0 Å². The molecule has 3 heteroatoms. The van der Waals surface area contributed by atoms with E-state index in [1.165, 1.54) is 0 Å². The first-order valence-electron chi connectivity index (χ1n) is 6.27. The van der Waals surface area contributed by atoms with Gasteiger partial charge < -0.3 is 10.1 Å². The number of para-hydroxylation sites is 1. The van der Waals surface area contributed by atoms with E-state index in [2.05, 4.69) is 12.2 Å². The Labute approximate surface area is 103 Å². The number of hydrogen-bond acceptors (Lipinski definition) is 2. The van der Waals surface area contributed by atoms with Crippen LogP contribution in [0, 0.1) is 0 Å². The molecule has 0 saturated heterocycles. The lowest BCUT2D eigenvalue weighted by Crippen LogP contribution is -2.27. The molecular weight excluding hydrogens is 214 g/mol. The van der Waals surface area contributed by atoms with Gasteiger partial charge in [-0.25, -0.2) is 0 Å². The van der Waals surface area contributed by atoms with Gasteiger partial charge in [0.25, 0.3) is 0 Å². The maximum Gasteiger partial charge on any atom is 0.220 e. The fourth-order valence-corrected chi connectivity index (χ4v) is 1.50. The van der Waals surface area contributed by atoms with Gasteiger partial charge in [-0.2, -0.15) is 0 Å². The Morgan fingerprint density at radius 1 is 1.24 bits per heavy atom. The van der Waals surface area contributed by atoms with Gasteiger partial charge in [0.05, 0.1) is 6.54 Å². The van der Waals surface area contributed by atoms with Crippen molar-refractivity contribution < 1.29 is 9.53 Å². The molecule has 0 unspecified atom stereocenters. The molecule has 0 bridgehead atoms. The lowest BCUT2D eigenvalue weighted by molar-refractivity contribution is -0.121. The molecule has 1 rings (SSSR count). The van der Waals surface area contributed by atoms with E-state index in [0.717, 1.165) is 25.0 Å². The predicted molar refractivity (Wildman–Crippen MR) is 69.1 cm³/mol. The van der Waals surface area contributed by atoms with Gasteiger partial charge in [0.15, 0.2) is 0 Å². The van der Waals surface area contributed by atoms with Gasteiger partial charge in [-0.05, 0) is 18.6 Å². The first-order chi connectivity index (χ1) is 8.33. The number of ether oxygens (including phenoxy) is 1. The summed E-state index contributed by atoms with van der Waals surface area (Å²) in [6.45, 7) is 3.22. The van der Waals surface area contributed by atoms with Gasteiger partial charge >= 0.3 is 0 Å². The fourth-order valence-electron chi connectivity index (χ4n) is 1.50. The summed E-state index contributed by atoms with van der Waals surface area (Å²) in [6, 6.07) is 9.62. The molecule has 1 amide bonds. The third-order valence-electron chi connectivity index (χ3n) is 2.44. The number of amides is 1. The fraction of sp³-hybridized carbons (Fsp3) is 0.500. The molecule has 0 aliphatic rings. The molecule has 0 atom stereocenters. The van der Waals surface area contributed by atoms with Gasteiger partial charge in [0, 0.05) is 6.42 Å². The molecule has 0 aliphatic heterocycles. The topological polar surface area (TPSA) is 38.3 Å². The Balaban J connectivity index is 2.02. The maximum atomic E-state index is 11.4. The average Bonchev–Trinajstić information content (AvgIpc) is 2.36. The second-order valence-electron chi connectivity index (χ2n) is 3.97. The van der Waals surface area contributed by atoms with Crippen molar-refractivity contribution in [2.24, 2.45) is 0 Å². The van der Waals surface area contributed by atoms with Crippen LogP contribution in [-0.2, 0) is 4.79 Å². The molecule has 94 valence electrons. The summed E-state index contributed by atoms with van der Waals surface area (Å²) in [5.41, 5.74) is 0. The highest BCUT2D eigenvalue weighted by Crippen LogP contribution is 2.07. The van der Waals surface area contributed by atoms with E-state index in [9.17, 15) is 4.79 Å². The van der Waals surface area contributed by atoms with E-state index in [-0.39, 0.29) is 5.91 Å². The molecule has 0 aromatic heterocycles. The predicted octanol–water partition coefficient (Wildman–Crippen LogP) is 2.76. The zero-order valence-corrected chi connectivity index (χ0v) is 10.4. The molecule has 3 nitrogen and oxygen atoms in total. The van der Waals surface area contributed by atoms with Crippen molar-refractivity contribution in [2.45, 2.75) is 32.6 Å². The number of carbonyl (C=O) groups is 1. The van der Waals surface area contributed by atoms with Crippen molar-refractivity contribution in [3.05, 3.63) is 30.3 Å². The highest BCUT2D eigenvalue weighted by atomic mass is 16.5. The quantitative estimate of drug-likeness (QED) is 0.704. The summed E-state index contributed by atoms with van der Waals surface area (Å²) in [5.74, 6) is 0.961. The number of nitrogens with one attached hydrogen (secondary N) is 1. The Morgan fingerprint density at radius 2 is 2.00 bits per heavy atom. The van der Waals surface area contributed by atoms with E-state index < -0.39 is 0 Å². The largest absolute Gasteiger partial charge is 0.492 e. The smallest absolute Gasteiger partial charge is 0.220 e. The number of carbonyl (C=O) groups excluding carboxylic acids is 1. The molecule has 17 heavy (non-hydrogen) atoms. The van der Waals surface area contributed by atoms with Crippen LogP contribution in [-0.4, -0.2) is 19.1 Å². The standard InChI is InChI=1S/C14H21NO2/c1-2-3-5-10-14(16)15-11-12-17-13-8-6-4-7-9-13/h4,6-9H,2-3,5,10-12H2,1H3,(H,15,16). The Morgan fingerprint density at radius 3 is 2.71 bits per heavy atom. The molecule has 0 saturated carbocycles. The van der Waals surface area contributed by atoms with E-state index in [4.69, 9.17) is 4.74 Å². The monoisotopic (exact) mass is 235 g/mol. The van der Waals surface area contributed by atoms with Crippen LogP contribution in [0.15, 0.2) is 30.3 Å². The van der Waals surface area contributed by atoms with E-state index in [1.54, 1.807) is 0 Å². The Bertz CT molecular complexity index is 311. The highest BCUT2D eigenvalue weighted by Gasteiger charge is 1.99. The lowest BCUT2D eigenvalue weighted by Gasteiger charge is -2.07. The highest BCUT2D eigenvalue weighted by molar-refractivity contribution is 5.75. The zero-order valence-electron chi connectivity index (χ0n) is 10.4. The van der Waals surface area contributed by atoms with Gasteiger partial charge in [-0.1, -0.05) is 38.0 Å². The molecule has 0 fully saturated rings. The van der Waals surface area contributed by atoms with Crippen LogP contribution in [0.3, 0.4) is 0 Å². The molecule has 1 aromatic rings. The summed E-state index contributed by atoms with van der Waals surface area (Å²) in [4.78, 5) is 11.4. The normalized spacial score (nSPS) is 9.94. The SMILES string of the molecule is CCCCCC(=O)NCCOc1ccccc1. The van der Waals surface area contributed by atoms with Crippen LogP contribution in [0.1, 0.15) is 32.6 Å². The minimum absolute atomic E-state index is 0.120. The van der Waals surface area contributed by atoms with E-state index in [0.29, 0.717) is 19.6 Å². The van der Waals surface area contributed by atoms with Crippen LogP contribution in [0.4, 0.5) is 0 Å². The first kappa shape index (κ1) is 13.6. The van der Waals surface area contributed by atoms with Crippen molar-refractivity contribution in [2.75, 3.05) is 13.2 Å². The molecular formula is C14H21NO2. The van der Waals surface area contributed by atoms with Crippen LogP contribution >= 0.6 is 0 Å². The van der Waals surface area contributed by atoms with Crippen molar-refractivity contribution in [3.8, 4) is 5.75 Å². The summed E-state index contributed by atoms with van der Waals surface area (Å²) in [6.07, 6.45) is 3.86. The van der Waals surface area contributed by atoms with Gasteiger partial charge in [0.1, 0.15) is 12.4 Å². The van der Waals surface area contributed by atoms with Gasteiger partial charge in [-0.15, -0.1) is 0 Å².